The van der Waals surface area contributed by atoms with Crippen molar-refractivity contribution in [2.75, 3.05) is 33.4 Å². The largest absolute Gasteiger partial charge is 0.383 e. The predicted octanol–water partition coefficient (Wildman–Crippen LogP) is 0.0440. The van der Waals surface area contributed by atoms with Crippen LogP contribution in [0.1, 0.15) is 34.9 Å². The molecule has 0 aromatic carbocycles. The first-order valence-corrected chi connectivity index (χ1v) is 6.98. The highest BCUT2D eigenvalue weighted by atomic mass is 16.5. The molecule has 1 aromatic heterocycles. The number of nitrogens with one attached hydrogen (secondary N) is 2. The first-order valence-electron chi connectivity index (χ1n) is 6.98. The van der Waals surface area contributed by atoms with Gasteiger partial charge < -0.3 is 20.7 Å². The lowest BCUT2D eigenvalue weighted by Crippen LogP contribution is -2.45. The van der Waals surface area contributed by atoms with Gasteiger partial charge in [0.15, 0.2) is 0 Å². The fraction of sp³-hybridized carbons (Fsp3) is 0.615. The molecule has 1 aromatic rings. The van der Waals surface area contributed by atoms with Crippen LogP contribution in [0.4, 0.5) is 4.79 Å². The summed E-state index contributed by atoms with van der Waals surface area (Å²) in [6.07, 6.45) is 1.86. The second-order valence-electron chi connectivity index (χ2n) is 5.08. The Morgan fingerprint density at radius 1 is 1.62 bits per heavy atom. The molecule has 8 nitrogen and oxygen atoms in total. The van der Waals surface area contributed by atoms with Gasteiger partial charge in [0.25, 0.3) is 5.91 Å². The number of primary amides is 1. The summed E-state index contributed by atoms with van der Waals surface area (Å²) < 4.78 is 4.90. The number of aromatic amines is 1. The number of nitrogens with zero attached hydrogens (tertiary/aromatic N) is 2. The number of aromatic nitrogens is 2. The van der Waals surface area contributed by atoms with E-state index in [0.29, 0.717) is 19.7 Å². The predicted molar refractivity (Wildman–Crippen MR) is 75.9 cm³/mol. The molecule has 116 valence electrons. The van der Waals surface area contributed by atoms with Gasteiger partial charge in [-0.05, 0) is 18.9 Å². The second kappa shape index (κ2) is 7.07. The van der Waals surface area contributed by atoms with E-state index in [4.69, 9.17) is 10.5 Å². The molecule has 2 rings (SSSR count). The van der Waals surface area contributed by atoms with Crippen molar-refractivity contribution in [3.8, 4) is 0 Å². The quantitative estimate of drug-likeness (QED) is 0.666. The number of carbonyl (C=O) groups excluding carboxylic acids is 2. The molecule has 2 heterocycles. The maximum Gasteiger partial charge on any atom is 0.317 e. The number of urea groups is 1. The summed E-state index contributed by atoms with van der Waals surface area (Å²) in [4.78, 5) is 24.9. The van der Waals surface area contributed by atoms with E-state index >= 15 is 0 Å². The van der Waals surface area contributed by atoms with Crippen molar-refractivity contribution in [2.24, 2.45) is 5.73 Å². The highest BCUT2D eigenvalue weighted by Gasteiger charge is 2.26. The van der Waals surface area contributed by atoms with E-state index in [1.54, 1.807) is 18.1 Å². The molecule has 8 heteroatoms. The fourth-order valence-electron chi connectivity index (χ4n) is 2.46. The molecule has 0 saturated carbocycles. The van der Waals surface area contributed by atoms with Crippen molar-refractivity contribution in [1.29, 1.82) is 0 Å². The molecule has 3 amide bonds. The number of nitrogens with two attached hydrogens (primary N) is 1. The second-order valence-corrected chi connectivity index (χ2v) is 5.08. The number of piperidine rings is 1. The van der Waals surface area contributed by atoms with E-state index in [1.165, 1.54) is 0 Å². The maximum atomic E-state index is 12.0. The van der Waals surface area contributed by atoms with Crippen molar-refractivity contribution in [2.45, 2.75) is 18.8 Å². The summed E-state index contributed by atoms with van der Waals surface area (Å²) >= 11 is 0. The zero-order chi connectivity index (χ0) is 15.2. The van der Waals surface area contributed by atoms with Crippen LogP contribution in [0.25, 0.3) is 0 Å². The van der Waals surface area contributed by atoms with Gasteiger partial charge in [0, 0.05) is 38.4 Å². The van der Waals surface area contributed by atoms with Crippen LogP contribution in [-0.4, -0.2) is 60.4 Å². The van der Waals surface area contributed by atoms with Gasteiger partial charge >= 0.3 is 6.03 Å². The molecule has 0 aliphatic carbocycles. The van der Waals surface area contributed by atoms with Gasteiger partial charge in [0.1, 0.15) is 5.69 Å². The molecular weight excluding hydrogens is 274 g/mol. The van der Waals surface area contributed by atoms with E-state index in [9.17, 15) is 9.59 Å². The third-order valence-electron chi connectivity index (χ3n) is 3.58. The topological polar surface area (TPSA) is 113 Å². The Kier molecular flexibility index (Phi) is 5.15. The van der Waals surface area contributed by atoms with Gasteiger partial charge in [0.2, 0.25) is 0 Å². The lowest BCUT2D eigenvalue weighted by atomic mass is 9.95. The molecule has 1 fully saturated rings. The summed E-state index contributed by atoms with van der Waals surface area (Å²) in [7, 11) is 1.59. The Balaban J connectivity index is 1.93. The Morgan fingerprint density at radius 3 is 3.10 bits per heavy atom. The number of ether oxygens (including phenoxy) is 1. The minimum absolute atomic E-state index is 0.0913. The SMILES string of the molecule is COCCNC(=O)N1CCC[C@H](c2cc(C(N)=O)n[nH]2)C1. The fourth-order valence-corrected chi connectivity index (χ4v) is 2.46. The average Bonchev–Trinajstić information content (AvgIpc) is 2.97. The molecule has 1 aliphatic heterocycles. The lowest BCUT2D eigenvalue weighted by Gasteiger charge is -2.32. The Hall–Kier alpha value is -2.09. The van der Waals surface area contributed by atoms with Gasteiger partial charge in [-0.15, -0.1) is 0 Å². The number of H-pyrrole nitrogens is 1. The standard InChI is InChI=1S/C13H21N5O3/c1-21-6-4-15-13(20)18-5-2-3-9(8-18)10-7-11(12(14)19)17-16-10/h7,9H,2-6,8H2,1H3,(H2,14,19)(H,15,20)(H,16,17)/t9-/m0/s1. The third-order valence-corrected chi connectivity index (χ3v) is 3.58. The Labute approximate surface area is 123 Å². The maximum absolute atomic E-state index is 12.0. The molecule has 1 aliphatic rings. The molecule has 4 N–H and O–H groups in total. The highest BCUT2D eigenvalue weighted by molar-refractivity contribution is 5.90. The van der Waals surface area contributed by atoms with E-state index in [-0.39, 0.29) is 17.6 Å². The first kappa shape index (κ1) is 15.3. The minimum atomic E-state index is -0.553. The van der Waals surface area contributed by atoms with Crippen molar-refractivity contribution >= 4 is 11.9 Å². The van der Waals surface area contributed by atoms with Gasteiger partial charge in [-0.25, -0.2) is 4.79 Å². The van der Waals surface area contributed by atoms with Crippen molar-refractivity contribution in [3.05, 3.63) is 17.5 Å². The summed E-state index contributed by atoms with van der Waals surface area (Å²) in [6.45, 7) is 2.31. The van der Waals surface area contributed by atoms with Gasteiger partial charge in [-0.3, -0.25) is 9.89 Å². The summed E-state index contributed by atoms with van der Waals surface area (Å²) in [5.74, 6) is -0.407. The molecule has 0 radical (unpaired) electrons. The van der Waals surface area contributed by atoms with E-state index in [2.05, 4.69) is 15.5 Å². The van der Waals surface area contributed by atoms with E-state index in [0.717, 1.165) is 25.1 Å². The average molecular weight is 295 g/mol. The zero-order valence-corrected chi connectivity index (χ0v) is 12.1. The van der Waals surface area contributed by atoms with Crippen LogP contribution in [0.5, 0.6) is 0 Å². The smallest absolute Gasteiger partial charge is 0.317 e. The first-order chi connectivity index (χ1) is 10.1. The van der Waals surface area contributed by atoms with Crippen LogP contribution in [0.2, 0.25) is 0 Å². The summed E-state index contributed by atoms with van der Waals surface area (Å²) in [6, 6.07) is 1.57. The molecule has 0 spiro atoms. The van der Waals surface area contributed by atoms with Crippen LogP contribution in [0, 0.1) is 0 Å². The van der Waals surface area contributed by atoms with Crippen molar-refractivity contribution in [3.63, 3.8) is 0 Å². The monoisotopic (exact) mass is 295 g/mol. The van der Waals surface area contributed by atoms with Crippen LogP contribution in [0.15, 0.2) is 6.07 Å². The van der Waals surface area contributed by atoms with Crippen LogP contribution in [0.3, 0.4) is 0 Å². The lowest BCUT2D eigenvalue weighted by molar-refractivity contribution is 0.0995. The van der Waals surface area contributed by atoms with Crippen molar-refractivity contribution in [1.82, 2.24) is 20.4 Å². The number of methoxy groups -OCH3 is 1. The number of hydrogen-bond acceptors (Lipinski definition) is 4. The van der Waals surface area contributed by atoms with Crippen molar-refractivity contribution < 1.29 is 14.3 Å². The molecule has 1 atom stereocenters. The molecule has 21 heavy (non-hydrogen) atoms. The Morgan fingerprint density at radius 2 is 2.43 bits per heavy atom. The number of likely N-dealkylation sites (tertiary alicyclic amines) is 1. The number of rotatable bonds is 5. The molecule has 1 saturated heterocycles. The van der Waals surface area contributed by atoms with Gasteiger partial charge in [-0.2, -0.15) is 5.10 Å². The van der Waals surface area contributed by atoms with E-state index in [1.807, 2.05) is 0 Å². The highest BCUT2D eigenvalue weighted by Crippen LogP contribution is 2.25. The van der Waals surface area contributed by atoms with Crippen LogP contribution in [-0.2, 0) is 4.74 Å². The molecule has 0 bridgehead atoms. The van der Waals surface area contributed by atoms with Gasteiger partial charge in [-0.1, -0.05) is 0 Å². The number of carbonyl (C=O) groups is 2. The van der Waals surface area contributed by atoms with Crippen LogP contribution < -0.4 is 11.1 Å². The molecular formula is C13H21N5O3. The number of hydrogen-bond donors (Lipinski definition) is 3. The third kappa shape index (κ3) is 3.94. The Bertz CT molecular complexity index is 502. The number of amides is 3. The van der Waals surface area contributed by atoms with E-state index < -0.39 is 5.91 Å². The zero-order valence-electron chi connectivity index (χ0n) is 12.1. The van der Waals surface area contributed by atoms with Gasteiger partial charge in [0.05, 0.1) is 6.61 Å². The minimum Gasteiger partial charge on any atom is -0.383 e. The molecule has 0 unspecified atom stereocenters. The normalized spacial score (nSPS) is 18.5. The summed E-state index contributed by atoms with van der Waals surface area (Å²) in [5, 5.41) is 9.54. The summed E-state index contributed by atoms with van der Waals surface area (Å²) in [5.41, 5.74) is 6.27. The van der Waals surface area contributed by atoms with Crippen LogP contribution >= 0.6 is 0 Å².